The van der Waals surface area contributed by atoms with E-state index in [1.807, 2.05) is 22.9 Å². The summed E-state index contributed by atoms with van der Waals surface area (Å²) in [5.41, 5.74) is 2.57. The molecule has 1 amide bonds. The molecule has 1 fully saturated rings. The Morgan fingerprint density at radius 2 is 1.81 bits per heavy atom. The highest BCUT2D eigenvalue weighted by atomic mass is 16.1. The minimum atomic E-state index is -0.0411. The van der Waals surface area contributed by atoms with E-state index in [1.54, 1.807) is 6.20 Å². The van der Waals surface area contributed by atoms with Gasteiger partial charge in [0.05, 0.1) is 11.9 Å². The van der Waals surface area contributed by atoms with Gasteiger partial charge in [-0.3, -0.25) is 4.79 Å². The number of aryl methyl sites for hydroxylation is 1. The average molecular weight is 435 g/mol. The summed E-state index contributed by atoms with van der Waals surface area (Å²) in [6.45, 7) is 5.64. The van der Waals surface area contributed by atoms with E-state index in [1.165, 1.54) is 0 Å². The average Bonchev–Trinajstić information content (AvgIpc) is 3.17. The predicted molar refractivity (Wildman–Crippen MR) is 126 cm³/mol. The molecule has 32 heavy (non-hydrogen) atoms. The molecule has 0 atom stereocenters. The lowest BCUT2D eigenvalue weighted by atomic mass is 10.2. The molecule has 5 heterocycles. The second-order valence-electron chi connectivity index (χ2n) is 8.64. The highest BCUT2D eigenvalue weighted by Crippen LogP contribution is 2.23. The monoisotopic (exact) mass is 434 g/mol. The van der Waals surface area contributed by atoms with Crippen LogP contribution in [0, 0.1) is 0 Å². The van der Waals surface area contributed by atoms with Crippen molar-refractivity contribution in [2.24, 2.45) is 0 Å². The number of nitrogens with one attached hydrogen (secondary N) is 2. The van der Waals surface area contributed by atoms with E-state index in [4.69, 9.17) is 4.98 Å². The molecule has 5 rings (SSSR count). The normalized spacial score (nSPS) is 18.3. The van der Waals surface area contributed by atoms with E-state index in [0.29, 0.717) is 24.0 Å². The zero-order valence-corrected chi connectivity index (χ0v) is 18.5. The highest BCUT2D eigenvalue weighted by Gasteiger charge is 2.18. The van der Waals surface area contributed by atoms with E-state index in [0.717, 1.165) is 75.1 Å². The minimum absolute atomic E-state index is 0.0411. The van der Waals surface area contributed by atoms with Gasteiger partial charge in [-0.15, -0.1) is 0 Å². The second-order valence-corrected chi connectivity index (χ2v) is 8.64. The Labute approximate surface area is 187 Å². The van der Waals surface area contributed by atoms with Gasteiger partial charge in [-0.1, -0.05) is 12.8 Å². The van der Waals surface area contributed by atoms with Gasteiger partial charge >= 0.3 is 0 Å². The summed E-state index contributed by atoms with van der Waals surface area (Å²) in [6, 6.07) is 5.94. The Kier molecular flexibility index (Phi) is 5.89. The van der Waals surface area contributed by atoms with Crippen molar-refractivity contribution in [3.8, 4) is 0 Å². The molecule has 168 valence electrons. The first-order chi connectivity index (χ1) is 15.7. The summed E-state index contributed by atoms with van der Waals surface area (Å²) >= 11 is 0. The van der Waals surface area contributed by atoms with Crippen molar-refractivity contribution in [3.05, 3.63) is 36.3 Å². The molecule has 0 saturated carbocycles. The van der Waals surface area contributed by atoms with Gasteiger partial charge in [0.2, 0.25) is 5.95 Å². The van der Waals surface area contributed by atoms with E-state index in [9.17, 15) is 4.79 Å². The molecular weight excluding hydrogens is 404 g/mol. The van der Waals surface area contributed by atoms with Crippen LogP contribution in [0.3, 0.4) is 0 Å². The summed E-state index contributed by atoms with van der Waals surface area (Å²) < 4.78 is 2.02. The van der Waals surface area contributed by atoms with Crippen LogP contribution < -0.4 is 15.5 Å². The molecule has 0 radical (unpaired) electrons. The van der Waals surface area contributed by atoms with Crippen LogP contribution in [0.5, 0.6) is 0 Å². The number of carbonyl (C=O) groups excluding carboxylic acids is 1. The van der Waals surface area contributed by atoms with Crippen LogP contribution in [0.15, 0.2) is 30.6 Å². The lowest BCUT2D eigenvalue weighted by Crippen LogP contribution is -2.44. The first-order valence-electron chi connectivity index (χ1n) is 11.5. The van der Waals surface area contributed by atoms with Gasteiger partial charge in [0.25, 0.3) is 5.91 Å². The quantitative estimate of drug-likeness (QED) is 0.655. The van der Waals surface area contributed by atoms with Crippen molar-refractivity contribution >= 4 is 34.4 Å². The largest absolute Gasteiger partial charge is 0.368 e. The molecule has 3 aromatic heterocycles. The van der Waals surface area contributed by atoms with Crippen molar-refractivity contribution < 1.29 is 4.79 Å². The molecule has 0 spiro atoms. The van der Waals surface area contributed by atoms with Crippen molar-refractivity contribution in [1.29, 1.82) is 0 Å². The number of rotatable bonds is 3. The molecule has 1 saturated heterocycles. The minimum Gasteiger partial charge on any atom is -0.368 e. The summed E-state index contributed by atoms with van der Waals surface area (Å²) in [7, 11) is 2.15. The maximum absolute atomic E-state index is 12.6. The van der Waals surface area contributed by atoms with Gasteiger partial charge in [0, 0.05) is 50.9 Å². The number of aromatic nitrogens is 4. The van der Waals surface area contributed by atoms with Crippen molar-refractivity contribution in [2.45, 2.75) is 32.2 Å². The third kappa shape index (κ3) is 4.38. The molecule has 2 N–H and O–H groups in total. The molecule has 0 unspecified atom stereocenters. The van der Waals surface area contributed by atoms with Crippen LogP contribution in [0.1, 0.15) is 36.2 Å². The Morgan fingerprint density at radius 3 is 2.62 bits per heavy atom. The third-order valence-electron chi connectivity index (χ3n) is 6.32. The number of amides is 1. The van der Waals surface area contributed by atoms with E-state index in [-0.39, 0.29) is 5.91 Å². The maximum atomic E-state index is 12.6. The SMILES string of the molecule is CN1CCN(c2ccc(Nc3ncc4cc5n(c4n3)CCCCCCNC5=O)nc2)CC1. The van der Waals surface area contributed by atoms with Crippen LogP contribution in [0.4, 0.5) is 17.5 Å². The molecule has 2 aliphatic rings. The molecule has 0 aromatic carbocycles. The van der Waals surface area contributed by atoms with Crippen LogP contribution in [0.2, 0.25) is 0 Å². The number of nitrogens with zero attached hydrogens (tertiary/aromatic N) is 6. The maximum Gasteiger partial charge on any atom is 0.267 e. The van der Waals surface area contributed by atoms with Crippen LogP contribution >= 0.6 is 0 Å². The molecule has 3 aromatic rings. The van der Waals surface area contributed by atoms with E-state index in [2.05, 4.69) is 43.5 Å². The first kappa shape index (κ1) is 20.7. The highest BCUT2D eigenvalue weighted by molar-refractivity contribution is 5.98. The van der Waals surface area contributed by atoms with Gasteiger partial charge < -0.3 is 25.0 Å². The van der Waals surface area contributed by atoms with Gasteiger partial charge in [0.15, 0.2) is 0 Å². The van der Waals surface area contributed by atoms with Crippen LogP contribution in [0.25, 0.3) is 11.0 Å². The Balaban J connectivity index is 1.36. The Morgan fingerprint density at radius 1 is 0.969 bits per heavy atom. The third-order valence-corrected chi connectivity index (χ3v) is 6.32. The smallest absolute Gasteiger partial charge is 0.267 e. The summed E-state index contributed by atoms with van der Waals surface area (Å²) in [5, 5.41) is 7.11. The van der Waals surface area contributed by atoms with E-state index < -0.39 is 0 Å². The lowest BCUT2D eigenvalue weighted by molar-refractivity contribution is 0.0942. The van der Waals surface area contributed by atoms with Crippen LogP contribution in [-0.4, -0.2) is 70.1 Å². The fraction of sp³-hybridized carbons (Fsp3) is 0.478. The zero-order chi connectivity index (χ0) is 21.9. The van der Waals surface area contributed by atoms with Gasteiger partial charge in [-0.2, -0.15) is 4.98 Å². The van der Waals surface area contributed by atoms with Crippen molar-refractivity contribution in [1.82, 2.24) is 29.7 Å². The molecule has 2 aliphatic heterocycles. The lowest BCUT2D eigenvalue weighted by Gasteiger charge is -2.33. The number of pyridine rings is 1. The molecule has 9 nitrogen and oxygen atoms in total. The second kappa shape index (κ2) is 9.12. The summed E-state index contributed by atoms with van der Waals surface area (Å²) in [4.78, 5) is 31.1. The summed E-state index contributed by atoms with van der Waals surface area (Å²) in [6.07, 6.45) is 8.01. The fourth-order valence-corrected chi connectivity index (χ4v) is 4.38. The van der Waals surface area contributed by atoms with Crippen LogP contribution in [-0.2, 0) is 6.54 Å². The molecule has 0 bridgehead atoms. The van der Waals surface area contributed by atoms with Gasteiger partial charge in [0.1, 0.15) is 17.2 Å². The fourth-order valence-electron chi connectivity index (χ4n) is 4.38. The van der Waals surface area contributed by atoms with Gasteiger partial charge in [-0.25, -0.2) is 9.97 Å². The van der Waals surface area contributed by atoms with Gasteiger partial charge in [-0.05, 0) is 38.1 Å². The molecule has 0 aliphatic carbocycles. The Bertz CT molecular complexity index is 1090. The Hall–Kier alpha value is -3.20. The standard InChI is InChI=1S/C23H30N8O/c1-29-10-12-30(13-11-29)18-6-7-20(25-16-18)27-23-26-15-17-14-19-22(32)24-8-4-2-3-5-9-31(19)21(17)28-23/h6-7,14-16H,2-5,8-13H2,1H3,(H,24,32)(H,25,26,27,28). The number of fused-ring (bicyclic) bond motifs is 3. The number of anilines is 3. The molecular formula is C23H30N8O. The number of hydrogen-bond acceptors (Lipinski definition) is 7. The predicted octanol–water partition coefficient (Wildman–Crippen LogP) is 2.63. The van der Waals surface area contributed by atoms with E-state index >= 15 is 0 Å². The number of hydrogen-bond donors (Lipinski definition) is 2. The number of piperazine rings is 1. The number of carbonyl (C=O) groups is 1. The first-order valence-corrected chi connectivity index (χ1v) is 11.5. The summed E-state index contributed by atoms with van der Waals surface area (Å²) in [5.74, 6) is 1.14. The van der Waals surface area contributed by atoms with Crippen molar-refractivity contribution in [2.75, 3.05) is 50.0 Å². The molecule has 9 heteroatoms. The zero-order valence-electron chi connectivity index (χ0n) is 18.5. The number of likely N-dealkylation sites (N-methyl/N-ethyl adjacent to an activating group) is 1. The van der Waals surface area contributed by atoms with Crippen molar-refractivity contribution in [3.63, 3.8) is 0 Å². The topological polar surface area (TPSA) is 91.2 Å².